The van der Waals surface area contributed by atoms with Crippen LogP contribution in [-0.4, -0.2) is 15.1 Å². The van der Waals surface area contributed by atoms with Crippen LogP contribution in [-0.2, 0) is 0 Å². The molecule has 5 heteroatoms. The first kappa shape index (κ1) is 8.61. The lowest BCUT2D eigenvalue weighted by atomic mass is 10.2. The van der Waals surface area contributed by atoms with Crippen molar-refractivity contribution >= 4 is 23.0 Å². The zero-order valence-corrected chi connectivity index (χ0v) is 6.75. The van der Waals surface area contributed by atoms with Crippen LogP contribution in [0.25, 0.3) is 0 Å². The number of hydrogen-bond acceptors (Lipinski definition) is 3. The Morgan fingerprint density at radius 1 is 1.42 bits per heavy atom. The summed E-state index contributed by atoms with van der Waals surface area (Å²) in [5.41, 5.74) is 0.394. The van der Waals surface area contributed by atoms with Crippen LogP contribution < -0.4 is 0 Å². The van der Waals surface area contributed by atoms with Crippen molar-refractivity contribution in [3.05, 3.63) is 39.9 Å². The second-order valence-electron chi connectivity index (χ2n) is 2.11. The maximum absolute atomic E-state index is 10.2. The molecular weight excluding hydrogens is 178 g/mol. The predicted molar refractivity (Wildman–Crippen MR) is 47.4 cm³/mol. The molecule has 0 bridgehead atoms. The van der Waals surface area contributed by atoms with E-state index in [0.717, 1.165) is 0 Å². The molecule has 4 nitrogen and oxygen atoms in total. The third-order valence-electron chi connectivity index (χ3n) is 1.33. The average molecular weight is 183 g/mol. The van der Waals surface area contributed by atoms with Gasteiger partial charge >= 0.3 is 0 Å². The topological polar surface area (TPSA) is 63.4 Å². The first-order valence-corrected chi connectivity index (χ1v) is 3.50. The van der Waals surface area contributed by atoms with Gasteiger partial charge in [0, 0.05) is 17.7 Å². The lowest BCUT2D eigenvalue weighted by Crippen LogP contribution is -1.94. The quantitative estimate of drug-likeness (QED) is 0.431. The summed E-state index contributed by atoms with van der Waals surface area (Å²) in [5.74, 6) is 0. The smallest absolute Gasteiger partial charge is 0.269 e. The number of aliphatic hydroxyl groups excluding tert-OH is 1. The molecule has 0 saturated heterocycles. The average Bonchev–Trinajstić information content (AvgIpc) is 2.04. The standard InChI is InChI=1S/C7H5NO3S/c9-7(12)5-1-3-6(4-2-5)8(10)11/h1-4H,(H,9,12). The van der Waals surface area contributed by atoms with Crippen LogP contribution >= 0.6 is 12.2 Å². The zero-order valence-electron chi connectivity index (χ0n) is 5.93. The van der Waals surface area contributed by atoms with E-state index in [1.807, 2.05) is 0 Å². The van der Waals surface area contributed by atoms with Crippen molar-refractivity contribution in [1.82, 2.24) is 0 Å². The van der Waals surface area contributed by atoms with Crippen LogP contribution in [0.2, 0.25) is 0 Å². The molecule has 1 rings (SSSR count). The van der Waals surface area contributed by atoms with Gasteiger partial charge in [0.1, 0.15) is 0 Å². The van der Waals surface area contributed by atoms with Crippen molar-refractivity contribution in [1.29, 1.82) is 0 Å². The normalized spacial score (nSPS) is 9.33. The Morgan fingerprint density at radius 3 is 2.25 bits per heavy atom. The van der Waals surface area contributed by atoms with Gasteiger partial charge in [0.05, 0.1) is 4.92 Å². The van der Waals surface area contributed by atoms with E-state index in [4.69, 9.17) is 5.11 Å². The molecule has 0 fully saturated rings. The number of benzene rings is 1. The summed E-state index contributed by atoms with van der Waals surface area (Å²) < 4.78 is 0. The molecule has 1 aromatic carbocycles. The molecule has 1 aromatic rings. The Hall–Kier alpha value is -1.49. The molecule has 0 aliphatic carbocycles. The Morgan fingerprint density at radius 2 is 1.92 bits per heavy atom. The molecule has 0 aliphatic rings. The van der Waals surface area contributed by atoms with Gasteiger partial charge in [-0.3, -0.25) is 10.1 Å². The zero-order chi connectivity index (χ0) is 9.14. The minimum absolute atomic E-state index is 0.0185. The second-order valence-corrected chi connectivity index (χ2v) is 2.50. The van der Waals surface area contributed by atoms with Gasteiger partial charge in [-0.2, -0.15) is 0 Å². The van der Waals surface area contributed by atoms with Crippen molar-refractivity contribution in [3.8, 4) is 0 Å². The van der Waals surface area contributed by atoms with Crippen LogP contribution in [0.3, 0.4) is 0 Å². The van der Waals surface area contributed by atoms with E-state index in [-0.39, 0.29) is 10.7 Å². The summed E-state index contributed by atoms with van der Waals surface area (Å²) in [7, 11) is 0. The maximum Gasteiger partial charge on any atom is 0.269 e. The largest absolute Gasteiger partial charge is 0.499 e. The Bertz CT molecular complexity index is 287. The van der Waals surface area contributed by atoms with Gasteiger partial charge in [-0.15, -0.1) is 0 Å². The molecule has 0 spiro atoms. The number of aliphatic hydroxyl groups is 1. The van der Waals surface area contributed by atoms with E-state index in [2.05, 4.69) is 12.2 Å². The van der Waals surface area contributed by atoms with Crippen LogP contribution in [0.15, 0.2) is 24.3 Å². The third-order valence-corrected chi connectivity index (χ3v) is 1.56. The number of rotatable bonds is 2. The van der Waals surface area contributed by atoms with Gasteiger partial charge in [-0.1, -0.05) is 0 Å². The van der Waals surface area contributed by atoms with Crippen LogP contribution in [0.1, 0.15) is 5.56 Å². The van der Waals surface area contributed by atoms with Crippen LogP contribution in [0, 0.1) is 10.1 Å². The number of nitro benzene ring substituents is 1. The van der Waals surface area contributed by atoms with Gasteiger partial charge in [-0.05, 0) is 24.4 Å². The summed E-state index contributed by atoms with van der Waals surface area (Å²) >= 11 is 4.46. The number of nitrogens with zero attached hydrogens (tertiary/aromatic N) is 1. The third kappa shape index (κ3) is 1.76. The van der Waals surface area contributed by atoms with Crippen molar-refractivity contribution < 1.29 is 10.0 Å². The summed E-state index contributed by atoms with van der Waals surface area (Å²) in [5, 5.41) is 18.7. The molecule has 0 atom stereocenters. The number of non-ortho nitro benzene ring substituents is 1. The Kier molecular flexibility index (Phi) is 2.35. The molecule has 0 aliphatic heterocycles. The van der Waals surface area contributed by atoms with Gasteiger partial charge < -0.3 is 5.11 Å². The highest BCUT2D eigenvalue weighted by atomic mass is 32.1. The van der Waals surface area contributed by atoms with E-state index in [1.165, 1.54) is 24.3 Å². The Labute approximate surface area is 73.6 Å². The monoisotopic (exact) mass is 183 g/mol. The summed E-state index contributed by atoms with van der Waals surface area (Å²) in [6, 6.07) is 5.39. The molecule has 0 aromatic heterocycles. The molecule has 0 radical (unpaired) electrons. The van der Waals surface area contributed by atoms with E-state index in [1.54, 1.807) is 0 Å². The van der Waals surface area contributed by atoms with Crippen molar-refractivity contribution in [2.75, 3.05) is 0 Å². The Balaban J connectivity index is 3.01. The SMILES string of the molecule is O=[N+]([O-])c1ccc(C(O)=S)cc1. The maximum atomic E-state index is 10.2. The summed E-state index contributed by atoms with van der Waals surface area (Å²) in [4.78, 5) is 9.68. The molecule has 0 saturated carbocycles. The summed E-state index contributed by atoms with van der Waals surface area (Å²) in [6.07, 6.45) is 0. The molecule has 12 heavy (non-hydrogen) atoms. The van der Waals surface area contributed by atoms with Gasteiger partial charge in [0.25, 0.3) is 5.69 Å². The lowest BCUT2D eigenvalue weighted by molar-refractivity contribution is -0.384. The molecule has 62 valence electrons. The summed E-state index contributed by atoms with van der Waals surface area (Å²) in [6.45, 7) is 0. The van der Waals surface area contributed by atoms with E-state index >= 15 is 0 Å². The predicted octanol–water partition coefficient (Wildman–Crippen LogP) is 1.83. The first-order valence-electron chi connectivity index (χ1n) is 3.09. The minimum atomic E-state index is -0.510. The van der Waals surface area contributed by atoms with Crippen LogP contribution in [0.4, 0.5) is 5.69 Å². The molecule has 0 heterocycles. The minimum Gasteiger partial charge on any atom is -0.499 e. The van der Waals surface area contributed by atoms with E-state index < -0.39 is 4.92 Å². The molecule has 1 N–H and O–H groups in total. The fraction of sp³-hybridized carbons (Fsp3) is 0. The highest BCUT2D eigenvalue weighted by Crippen LogP contribution is 2.11. The fourth-order valence-corrected chi connectivity index (χ4v) is 0.862. The van der Waals surface area contributed by atoms with Crippen molar-refractivity contribution in [2.45, 2.75) is 0 Å². The van der Waals surface area contributed by atoms with E-state index in [0.29, 0.717) is 5.56 Å². The highest BCUT2D eigenvalue weighted by molar-refractivity contribution is 7.80. The van der Waals surface area contributed by atoms with Crippen molar-refractivity contribution in [2.24, 2.45) is 0 Å². The fourth-order valence-electron chi connectivity index (χ4n) is 0.726. The number of hydrogen-bond donors (Lipinski definition) is 1. The first-order chi connectivity index (χ1) is 5.61. The lowest BCUT2D eigenvalue weighted by Gasteiger charge is -1.94. The van der Waals surface area contributed by atoms with E-state index in [9.17, 15) is 10.1 Å². The van der Waals surface area contributed by atoms with Gasteiger partial charge in [-0.25, -0.2) is 0 Å². The van der Waals surface area contributed by atoms with Gasteiger partial charge in [0.15, 0.2) is 5.05 Å². The van der Waals surface area contributed by atoms with Gasteiger partial charge in [0.2, 0.25) is 0 Å². The number of thiocarbonyl (C=S) groups is 1. The second kappa shape index (κ2) is 3.27. The number of nitro groups is 1. The molecule has 0 unspecified atom stereocenters. The highest BCUT2D eigenvalue weighted by Gasteiger charge is 2.04. The molecule has 0 amide bonds. The van der Waals surface area contributed by atoms with Crippen LogP contribution in [0.5, 0.6) is 0 Å². The van der Waals surface area contributed by atoms with Crippen molar-refractivity contribution in [3.63, 3.8) is 0 Å². The molecular formula is C7H5NO3S.